The van der Waals surface area contributed by atoms with Gasteiger partial charge in [0.25, 0.3) is 0 Å². The third-order valence-corrected chi connectivity index (χ3v) is 4.61. The van der Waals surface area contributed by atoms with E-state index in [0.717, 1.165) is 0 Å². The highest BCUT2D eigenvalue weighted by Gasteiger charge is 2.71. The Morgan fingerprint density at radius 2 is 2.00 bits per heavy atom. The topological polar surface area (TPSA) is 81.7 Å². The maximum atomic E-state index is 11.9. The van der Waals surface area contributed by atoms with E-state index in [9.17, 15) is 13.2 Å². The van der Waals surface area contributed by atoms with Gasteiger partial charge in [0.2, 0.25) is 0 Å². The molecule has 0 spiro atoms. The van der Waals surface area contributed by atoms with Crippen molar-refractivity contribution in [1.82, 2.24) is 4.72 Å². The van der Waals surface area contributed by atoms with E-state index in [1.54, 1.807) is 20.8 Å². The predicted octanol–water partition coefficient (Wildman–Crippen LogP) is 0.937. The highest BCUT2D eigenvalue weighted by atomic mass is 32.2. The minimum atomic E-state index is -3.84. The summed E-state index contributed by atoms with van der Waals surface area (Å²) < 4.78 is 35.6. The fourth-order valence-electron chi connectivity index (χ4n) is 2.05. The summed E-state index contributed by atoms with van der Waals surface area (Å²) in [4.78, 5) is 11.9. The van der Waals surface area contributed by atoms with E-state index in [-0.39, 0.29) is 12.0 Å². The van der Waals surface area contributed by atoms with Crippen molar-refractivity contribution >= 4 is 16.3 Å². The van der Waals surface area contributed by atoms with Crippen molar-refractivity contribution in [3.8, 4) is 0 Å². The van der Waals surface area contributed by atoms with Crippen molar-refractivity contribution in [3.05, 3.63) is 0 Å². The highest BCUT2D eigenvalue weighted by molar-refractivity contribution is 7.84. The third kappa shape index (κ3) is 2.26. The van der Waals surface area contributed by atoms with Crippen molar-refractivity contribution < 1.29 is 22.1 Å². The number of nitrogens with one attached hydrogen (secondary N) is 1. The molecule has 0 unspecified atom stereocenters. The Bertz CT molecular complexity index is 480. The molecular formula is C11H19NO5S. The lowest BCUT2D eigenvalue weighted by atomic mass is 9.97. The molecule has 1 aliphatic carbocycles. The normalized spacial score (nSPS) is 38.4. The number of hydrogen-bond acceptors (Lipinski definition) is 5. The highest BCUT2D eigenvalue weighted by Crippen LogP contribution is 2.60. The first-order chi connectivity index (χ1) is 8.00. The fraction of sp³-hybridized carbons (Fsp3) is 0.909. The standard InChI is InChI=1S/C11H19NO5S/c1-9(2,3)8(13)17-11-7-10(11,4)5-6-16-18(14,15)12-11/h12H,5-7H2,1-4H3/t10-,11-/m0/s1. The Hall–Kier alpha value is -0.660. The molecule has 0 aromatic rings. The second-order valence-electron chi connectivity index (χ2n) is 6.33. The van der Waals surface area contributed by atoms with E-state index in [1.807, 2.05) is 6.92 Å². The van der Waals surface area contributed by atoms with E-state index in [1.165, 1.54) is 0 Å². The van der Waals surface area contributed by atoms with Gasteiger partial charge >= 0.3 is 16.3 Å². The first kappa shape index (κ1) is 13.8. The smallest absolute Gasteiger partial charge is 0.339 e. The minimum Gasteiger partial charge on any atom is -0.442 e. The first-order valence-electron chi connectivity index (χ1n) is 5.92. The van der Waals surface area contributed by atoms with Crippen molar-refractivity contribution in [2.75, 3.05) is 6.61 Å². The second-order valence-corrected chi connectivity index (χ2v) is 7.68. The van der Waals surface area contributed by atoms with Crippen LogP contribution in [0.1, 0.15) is 40.5 Å². The average molecular weight is 277 g/mol. The molecule has 0 aromatic heterocycles. The predicted molar refractivity (Wildman–Crippen MR) is 63.6 cm³/mol. The summed E-state index contributed by atoms with van der Waals surface area (Å²) in [6, 6.07) is 0. The van der Waals surface area contributed by atoms with Gasteiger partial charge in [-0.25, -0.2) is 0 Å². The zero-order valence-corrected chi connectivity index (χ0v) is 11.9. The van der Waals surface area contributed by atoms with E-state index in [4.69, 9.17) is 8.92 Å². The molecule has 2 aliphatic rings. The van der Waals surface area contributed by atoms with Crippen LogP contribution in [-0.4, -0.2) is 26.7 Å². The van der Waals surface area contributed by atoms with Gasteiger partial charge in [0.05, 0.1) is 12.0 Å². The number of hydrogen-bond donors (Lipinski definition) is 1. The van der Waals surface area contributed by atoms with Crippen LogP contribution in [0.15, 0.2) is 0 Å². The minimum absolute atomic E-state index is 0.112. The lowest BCUT2D eigenvalue weighted by Crippen LogP contribution is -2.45. The van der Waals surface area contributed by atoms with Gasteiger partial charge in [-0.05, 0) is 27.2 Å². The Morgan fingerprint density at radius 3 is 2.56 bits per heavy atom. The van der Waals surface area contributed by atoms with Crippen LogP contribution in [0.25, 0.3) is 0 Å². The monoisotopic (exact) mass is 277 g/mol. The maximum absolute atomic E-state index is 11.9. The molecule has 1 heterocycles. The Labute approximate surface area is 107 Å². The second kappa shape index (κ2) is 3.68. The molecule has 0 radical (unpaired) electrons. The van der Waals surface area contributed by atoms with Crippen LogP contribution in [0.5, 0.6) is 0 Å². The van der Waals surface area contributed by atoms with Crippen LogP contribution < -0.4 is 4.72 Å². The summed E-state index contributed by atoms with van der Waals surface area (Å²) in [5.74, 6) is -0.421. The number of fused-ring (bicyclic) bond motifs is 1. The molecule has 1 aliphatic heterocycles. The van der Waals surface area contributed by atoms with Crippen molar-refractivity contribution in [1.29, 1.82) is 0 Å². The Balaban J connectivity index is 2.23. The molecule has 1 N–H and O–H groups in total. The van der Waals surface area contributed by atoms with Gasteiger partial charge in [0.15, 0.2) is 5.72 Å². The summed E-state index contributed by atoms with van der Waals surface area (Å²) in [6.07, 6.45) is 1.03. The molecule has 0 amide bonds. The van der Waals surface area contributed by atoms with E-state index >= 15 is 0 Å². The summed E-state index contributed by atoms with van der Waals surface area (Å²) in [5.41, 5.74) is -2.18. The zero-order valence-electron chi connectivity index (χ0n) is 11.1. The summed E-state index contributed by atoms with van der Waals surface area (Å²) in [7, 11) is -3.84. The zero-order chi connectivity index (χ0) is 13.8. The van der Waals surface area contributed by atoms with Crippen LogP contribution in [0.2, 0.25) is 0 Å². The van der Waals surface area contributed by atoms with E-state index in [2.05, 4.69) is 4.72 Å². The molecule has 1 saturated carbocycles. The van der Waals surface area contributed by atoms with Crippen LogP contribution in [0, 0.1) is 10.8 Å². The largest absolute Gasteiger partial charge is 0.442 e. The fourth-order valence-corrected chi connectivity index (χ4v) is 3.18. The third-order valence-electron chi connectivity index (χ3n) is 3.55. The molecule has 18 heavy (non-hydrogen) atoms. The number of carbonyl (C=O) groups is 1. The van der Waals surface area contributed by atoms with E-state index < -0.39 is 27.4 Å². The van der Waals surface area contributed by atoms with Crippen LogP contribution in [-0.2, 0) is 24.0 Å². The Morgan fingerprint density at radius 1 is 1.39 bits per heavy atom. The van der Waals surface area contributed by atoms with Crippen molar-refractivity contribution in [3.63, 3.8) is 0 Å². The van der Waals surface area contributed by atoms with Crippen molar-refractivity contribution in [2.24, 2.45) is 10.8 Å². The summed E-state index contributed by atoms with van der Waals surface area (Å²) >= 11 is 0. The quantitative estimate of drug-likeness (QED) is 0.721. The Kier molecular flexibility index (Phi) is 2.81. The van der Waals surface area contributed by atoms with Gasteiger partial charge in [0, 0.05) is 11.8 Å². The summed E-state index contributed by atoms with van der Waals surface area (Å²) in [6.45, 7) is 7.19. The van der Waals surface area contributed by atoms with Crippen molar-refractivity contribution in [2.45, 2.75) is 46.3 Å². The molecule has 2 rings (SSSR count). The molecule has 104 valence electrons. The lowest BCUT2D eigenvalue weighted by Gasteiger charge is -2.25. The van der Waals surface area contributed by atoms with Gasteiger partial charge in [0.1, 0.15) is 0 Å². The van der Waals surface area contributed by atoms with Gasteiger partial charge in [-0.3, -0.25) is 8.98 Å². The molecule has 6 nitrogen and oxygen atoms in total. The van der Waals surface area contributed by atoms with Gasteiger partial charge in [-0.15, -0.1) is 0 Å². The SMILES string of the molecule is CC(C)(C)C(=O)O[C@@]12C[C@]1(C)CCOS(=O)(=O)N2. The van der Waals surface area contributed by atoms with Gasteiger partial charge in [-0.2, -0.15) is 13.1 Å². The van der Waals surface area contributed by atoms with Gasteiger partial charge < -0.3 is 4.74 Å². The lowest BCUT2D eigenvalue weighted by molar-refractivity contribution is -0.164. The molecule has 0 aromatic carbocycles. The number of rotatable bonds is 1. The summed E-state index contributed by atoms with van der Waals surface area (Å²) in [5, 5.41) is 0. The molecule has 7 heteroatoms. The number of ether oxygens (including phenoxy) is 1. The molecule has 0 bridgehead atoms. The van der Waals surface area contributed by atoms with Crippen LogP contribution in [0.4, 0.5) is 0 Å². The average Bonchev–Trinajstić information content (AvgIpc) is 2.66. The van der Waals surface area contributed by atoms with E-state index in [0.29, 0.717) is 12.8 Å². The number of esters is 1. The molecule has 1 saturated heterocycles. The molecule has 2 fully saturated rings. The van der Waals surface area contributed by atoms with Gasteiger partial charge in [-0.1, -0.05) is 6.92 Å². The van der Waals surface area contributed by atoms with Crippen LogP contribution >= 0.6 is 0 Å². The maximum Gasteiger partial charge on any atom is 0.339 e. The van der Waals surface area contributed by atoms with Crippen LogP contribution in [0.3, 0.4) is 0 Å². The number of carbonyl (C=O) groups excluding carboxylic acids is 1. The molecular weight excluding hydrogens is 258 g/mol. The molecule has 2 atom stereocenters. The first-order valence-corrected chi connectivity index (χ1v) is 7.32.